The standard InChI is InChI=1S/C24H19N3O3S/c1-26(2)24(30)13-8-9-14-16(11-27(3)18(14)10-13)20-21(23(29)25-22(20)28)17-12-31-19-7-5-4-6-15(17)19/h4-12H,1-3H3,(H,25,28,29). The van der Waals surface area contributed by atoms with Gasteiger partial charge in [0.15, 0.2) is 0 Å². The van der Waals surface area contributed by atoms with Crippen molar-refractivity contribution in [3.05, 3.63) is 70.7 Å². The van der Waals surface area contributed by atoms with Gasteiger partial charge >= 0.3 is 0 Å². The lowest BCUT2D eigenvalue weighted by Crippen LogP contribution is -2.22. The van der Waals surface area contributed by atoms with Gasteiger partial charge < -0.3 is 9.47 Å². The number of fused-ring (bicyclic) bond motifs is 2. The van der Waals surface area contributed by atoms with Crippen molar-refractivity contribution in [2.75, 3.05) is 14.1 Å². The zero-order valence-corrected chi connectivity index (χ0v) is 18.0. The Morgan fingerprint density at radius 3 is 2.42 bits per heavy atom. The molecule has 1 N–H and O–H groups in total. The minimum atomic E-state index is -0.406. The molecule has 0 bridgehead atoms. The van der Waals surface area contributed by atoms with Gasteiger partial charge in [0.25, 0.3) is 17.7 Å². The summed E-state index contributed by atoms with van der Waals surface area (Å²) >= 11 is 1.55. The number of rotatable bonds is 3. The summed E-state index contributed by atoms with van der Waals surface area (Å²) in [5.74, 6) is -0.890. The van der Waals surface area contributed by atoms with Gasteiger partial charge in [0.05, 0.1) is 11.1 Å². The van der Waals surface area contributed by atoms with Crippen LogP contribution >= 0.6 is 11.3 Å². The Hall–Kier alpha value is -3.71. The first-order valence-corrected chi connectivity index (χ1v) is 10.6. The number of benzene rings is 2. The zero-order chi connectivity index (χ0) is 21.9. The highest BCUT2D eigenvalue weighted by Crippen LogP contribution is 2.40. The number of nitrogens with one attached hydrogen (secondary N) is 1. The van der Waals surface area contributed by atoms with Crippen molar-refractivity contribution in [3.8, 4) is 0 Å². The number of aromatic nitrogens is 1. The van der Waals surface area contributed by atoms with Gasteiger partial charge in [0.2, 0.25) is 0 Å². The molecule has 154 valence electrons. The Morgan fingerprint density at radius 1 is 0.968 bits per heavy atom. The molecular weight excluding hydrogens is 410 g/mol. The second-order valence-corrected chi connectivity index (χ2v) is 8.68. The van der Waals surface area contributed by atoms with Crippen molar-refractivity contribution >= 4 is 61.2 Å². The Kier molecular flexibility index (Phi) is 4.30. The lowest BCUT2D eigenvalue weighted by atomic mass is 9.95. The van der Waals surface area contributed by atoms with Crippen LogP contribution in [-0.2, 0) is 16.6 Å². The number of imide groups is 1. The summed E-state index contributed by atoms with van der Waals surface area (Å²) in [6.07, 6.45) is 1.84. The van der Waals surface area contributed by atoms with Crippen molar-refractivity contribution in [1.82, 2.24) is 14.8 Å². The first kappa shape index (κ1) is 19.3. The molecule has 1 aliphatic heterocycles. The van der Waals surface area contributed by atoms with Crippen LogP contribution in [0, 0.1) is 0 Å². The maximum atomic E-state index is 12.9. The SMILES string of the molecule is CN(C)C(=O)c1ccc2c(C3=C(c4csc5ccccc45)C(=O)NC3=O)cn(C)c2c1. The van der Waals surface area contributed by atoms with Crippen molar-refractivity contribution in [1.29, 1.82) is 0 Å². The third kappa shape index (κ3) is 2.89. The van der Waals surface area contributed by atoms with E-state index in [0.29, 0.717) is 22.3 Å². The quantitative estimate of drug-likeness (QED) is 0.505. The van der Waals surface area contributed by atoms with E-state index in [1.54, 1.807) is 31.5 Å². The fourth-order valence-corrected chi connectivity index (χ4v) is 5.07. The molecule has 0 saturated carbocycles. The van der Waals surface area contributed by atoms with Crippen molar-refractivity contribution in [2.24, 2.45) is 7.05 Å². The largest absolute Gasteiger partial charge is 0.350 e. The number of carbonyl (C=O) groups excluding carboxylic acids is 3. The van der Waals surface area contributed by atoms with E-state index >= 15 is 0 Å². The molecule has 2 aromatic heterocycles. The normalized spacial score (nSPS) is 14.0. The Balaban J connectivity index is 1.76. The summed E-state index contributed by atoms with van der Waals surface area (Å²) in [6, 6.07) is 13.3. The van der Waals surface area contributed by atoms with Crippen LogP contribution in [0.15, 0.2) is 54.0 Å². The number of amides is 3. The molecule has 7 heteroatoms. The highest BCUT2D eigenvalue weighted by molar-refractivity contribution is 7.17. The minimum Gasteiger partial charge on any atom is -0.350 e. The van der Waals surface area contributed by atoms with Gasteiger partial charge in [-0.25, -0.2) is 0 Å². The van der Waals surface area contributed by atoms with E-state index in [9.17, 15) is 14.4 Å². The molecule has 31 heavy (non-hydrogen) atoms. The molecule has 2 aromatic carbocycles. The molecule has 4 aromatic rings. The van der Waals surface area contributed by atoms with Gasteiger partial charge in [0, 0.05) is 70.4 Å². The molecule has 0 saturated heterocycles. The highest BCUT2D eigenvalue weighted by Gasteiger charge is 2.35. The van der Waals surface area contributed by atoms with Crippen LogP contribution in [0.25, 0.3) is 32.1 Å². The molecule has 1 aliphatic rings. The average molecular weight is 430 g/mol. The molecule has 5 rings (SSSR count). The first-order chi connectivity index (χ1) is 14.9. The molecule has 0 radical (unpaired) electrons. The summed E-state index contributed by atoms with van der Waals surface area (Å²) in [6.45, 7) is 0. The van der Waals surface area contributed by atoms with E-state index in [4.69, 9.17) is 0 Å². The first-order valence-electron chi connectivity index (χ1n) is 9.74. The second-order valence-electron chi connectivity index (χ2n) is 7.76. The number of hydrogen-bond acceptors (Lipinski definition) is 4. The average Bonchev–Trinajstić information content (AvgIpc) is 3.40. The molecule has 3 amide bonds. The summed E-state index contributed by atoms with van der Waals surface area (Å²) in [5.41, 5.74) is 3.58. The number of hydrogen-bond donors (Lipinski definition) is 1. The maximum Gasteiger partial charge on any atom is 0.259 e. The summed E-state index contributed by atoms with van der Waals surface area (Å²) in [4.78, 5) is 39.6. The molecule has 0 spiro atoms. The third-order valence-corrected chi connectivity index (χ3v) is 6.56. The van der Waals surface area contributed by atoms with Gasteiger partial charge in [-0.3, -0.25) is 19.7 Å². The Labute approximate surface area is 182 Å². The van der Waals surface area contributed by atoms with Crippen molar-refractivity contribution in [2.45, 2.75) is 0 Å². The fraction of sp³-hybridized carbons (Fsp3) is 0.125. The maximum absolute atomic E-state index is 12.9. The Morgan fingerprint density at radius 2 is 1.68 bits per heavy atom. The van der Waals surface area contributed by atoms with Crippen LogP contribution in [0.2, 0.25) is 0 Å². The van der Waals surface area contributed by atoms with Gasteiger partial charge in [-0.15, -0.1) is 11.3 Å². The number of thiophene rings is 1. The molecular formula is C24H19N3O3S. The molecule has 0 unspecified atom stereocenters. The van der Waals surface area contributed by atoms with Crippen molar-refractivity contribution in [3.63, 3.8) is 0 Å². The van der Waals surface area contributed by atoms with Crippen LogP contribution in [0.4, 0.5) is 0 Å². The van der Waals surface area contributed by atoms with E-state index < -0.39 is 5.91 Å². The highest BCUT2D eigenvalue weighted by atomic mass is 32.1. The van der Waals surface area contributed by atoms with Crippen LogP contribution in [0.1, 0.15) is 21.5 Å². The lowest BCUT2D eigenvalue weighted by molar-refractivity contribution is -0.122. The number of nitrogens with zero attached hydrogens (tertiary/aromatic N) is 2. The predicted octanol–water partition coefficient (Wildman–Crippen LogP) is 3.66. The summed E-state index contributed by atoms with van der Waals surface area (Å²) in [7, 11) is 5.28. The van der Waals surface area contributed by atoms with Gasteiger partial charge in [-0.2, -0.15) is 0 Å². The number of aryl methyl sites for hydroxylation is 1. The van der Waals surface area contributed by atoms with E-state index in [2.05, 4.69) is 5.32 Å². The van der Waals surface area contributed by atoms with Gasteiger partial charge in [-0.1, -0.05) is 24.3 Å². The minimum absolute atomic E-state index is 0.0944. The van der Waals surface area contributed by atoms with Crippen LogP contribution in [0.3, 0.4) is 0 Å². The topological polar surface area (TPSA) is 71.4 Å². The monoisotopic (exact) mass is 429 g/mol. The van der Waals surface area contributed by atoms with Crippen LogP contribution in [-0.4, -0.2) is 41.3 Å². The summed E-state index contributed by atoms with van der Waals surface area (Å²) < 4.78 is 2.94. The second kappa shape index (κ2) is 6.92. The van der Waals surface area contributed by atoms with Crippen LogP contribution < -0.4 is 5.32 Å². The molecule has 6 nitrogen and oxygen atoms in total. The van der Waals surface area contributed by atoms with E-state index in [0.717, 1.165) is 26.6 Å². The predicted molar refractivity (Wildman–Crippen MR) is 123 cm³/mol. The van der Waals surface area contributed by atoms with E-state index in [-0.39, 0.29) is 11.8 Å². The molecule has 0 fully saturated rings. The molecule has 3 heterocycles. The zero-order valence-electron chi connectivity index (χ0n) is 17.2. The van der Waals surface area contributed by atoms with Crippen molar-refractivity contribution < 1.29 is 14.4 Å². The Bertz CT molecular complexity index is 1460. The van der Waals surface area contributed by atoms with Gasteiger partial charge in [-0.05, 0) is 18.2 Å². The lowest BCUT2D eigenvalue weighted by Gasteiger charge is -2.10. The van der Waals surface area contributed by atoms with Crippen LogP contribution in [0.5, 0.6) is 0 Å². The van der Waals surface area contributed by atoms with E-state index in [1.165, 1.54) is 4.90 Å². The van der Waals surface area contributed by atoms with E-state index in [1.807, 2.05) is 59.6 Å². The molecule has 0 aliphatic carbocycles. The molecule has 0 atom stereocenters. The smallest absolute Gasteiger partial charge is 0.259 e. The summed E-state index contributed by atoms with van der Waals surface area (Å²) in [5, 5.41) is 6.16. The third-order valence-electron chi connectivity index (χ3n) is 5.59. The number of carbonyl (C=O) groups is 3. The fourth-order valence-electron chi connectivity index (χ4n) is 4.11. The van der Waals surface area contributed by atoms with Gasteiger partial charge in [0.1, 0.15) is 0 Å².